The second kappa shape index (κ2) is 5.90. The van der Waals surface area contributed by atoms with Gasteiger partial charge in [-0.3, -0.25) is 0 Å². The average Bonchev–Trinajstić information content (AvgIpc) is 2.41. The van der Waals surface area contributed by atoms with Crippen molar-refractivity contribution in [1.29, 1.82) is 0 Å². The van der Waals surface area contributed by atoms with Crippen LogP contribution in [0.2, 0.25) is 0 Å². The molecule has 1 aromatic carbocycles. The lowest BCUT2D eigenvalue weighted by atomic mass is 10.2. The summed E-state index contributed by atoms with van der Waals surface area (Å²) < 4.78 is 0. The summed E-state index contributed by atoms with van der Waals surface area (Å²) in [5.74, 6) is 2.87. The SMILES string of the molecule is CNc1nc(C(C)C)nc(Nc2cccc(C)c2)c1C. The topological polar surface area (TPSA) is 49.8 Å². The Balaban J connectivity index is 2.42. The van der Waals surface area contributed by atoms with Crippen LogP contribution < -0.4 is 10.6 Å². The molecule has 20 heavy (non-hydrogen) atoms. The van der Waals surface area contributed by atoms with E-state index in [0.29, 0.717) is 5.92 Å². The molecule has 2 aromatic rings. The lowest BCUT2D eigenvalue weighted by Crippen LogP contribution is -2.08. The molecule has 4 nitrogen and oxygen atoms in total. The third kappa shape index (κ3) is 3.07. The van der Waals surface area contributed by atoms with Crippen LogP contribution >= 0.6 is 0 Å². The van der Waals surface area contributed by atoms with Crippen LogP contribution in [-0.2, 0) is 0 Å². The van der Waals surface area contributed by atoms with Crippen molar-refractivity contribution in [3.63, 3.8) is 0 Å². The van der Waals surface area contributed by atoms with E-state index >= 15 is 0 Å². The monoisotopic (exact) mass is 270 g/mol. The Morgan fingerprint density at radius 2 is 1.75 bits per heavy atom. The van der Waals surface area contributed by atoms with Gasteiger partial charge in [0.15, 0.2) is 0 Å². The fourth-order valence-corrected chi connectivity index (χ4v) is 2.02. The van der Waals surface area contributed by atoms with Crippen molar-refractivity contribution in [2.45, 2.75) is 33.6 Å². The van der Waals surface area contributed by atoms with E-state index in [0.717, 1.165) is 28.7 Å². The largest absolute Gasteiger partial charge is 0.373 e. The van der Waals surface area contributed by atoms with Gasteiger partial charge in [-0.2, -0.15) is 0 Å². The van der Waals surface area contributed by atoms with Crippen molar-refractivity contribution in [1.82, 2.24) is 9.97 Å². The maximum Gasteiger partial charge on any atom is 0.139 e. The summed E-state index contributed by atoms with van der Waals surface area (Å²) in [6.07, 6.45) is 0. The first-order valence-electron chi connectivity index (χ1n) is 6.91. The van der Waals surface area contributed by atoms with E-state index in [2.05, 4.69) is 53.5 Å². The van der Waals surface area contributed by atoms with Crippen LogP contribution in [0.1, 0.15) is 36.7 Å². The highest BCUT2D eigenvalue weighted by molar-refractivity contribution is 5.65. The third-order valence-electron chi connectivity index (χ3n) is 3.20. The molecule has 2 N–H and O–H groups in total. The summed E-state index contributed by atoms with van der Waals surface area (Å²) in [4.78, 5) is 9.19. The van der Waals surface area contributed by atoms with E-state index < -0.39 is 0 Å². The van der Waals surface area contributed by atoms with Gasteiger partial charge in [0.2, 0.25) is 0 Å². The van der Waals surface area contributed by atoms with Crippen molar-refractivity contribution in [2.75, 3.05) is 17.7 Å². The quantitative estimate of drug-likeness (QED) is 0.881. The molecule has 0 aliphatic heterocycles. The van der Waals surface area contributed by atoms with Gasteiger partial charge in [0.1, 0.15) is 17.5 Å². The zero-order chi connectivity index (χ0) is 14.7. The van der Waals surface area contributed by atoms with Crippen LogP contribution in [0.5, 0.6) is 0 Å². The Bertz CT molecular complexity index is 605. The van der Waals surface area contributed by atoms with E-state index in [4.69, 9.17) is 0 Å². The highest BCUT2D eigenvalue weighted by Gasteiger charge is 2.12. The van der Waals surface area contributed by atoms with Crippen LogP contribution in [0.4, 0.5) is 17.3 Å². The lowest BCUT2D eigenvalue weighted by Gasteiger charge is -2.15. The van der Waals surface area contributed by atoms with Gasteiger partial charge in [-0.15, -0.1) is 0 Å². The molecule has 1 aromatic heterocycles. The zero-order valence-corrected chi connectivity index (χ0v) is 12.8. The number of anilines is 3. The van der Waals surface area contributed by atoms with E-state index in [1.807, 2.05) is 26.1 Å². The van der Waals surface area contributed by atoms with Crippen molar-refractivity contribution >= 4 is 17.3 Å². The molecule has 1 heterocycles. The molecule has 0 aliphatic carbocycles. The number of hydrogen-bond acceptors (Lipinski definition) is 4. The second-order valence-electron chi connectivity index (χ2n) is 5.30. The maximum absolute atomic E-state index is 4.64. The van der Waals surface area contributed by atoms with E-state index in [9.17, 15) is 0 Å². The van der Waals surface area contributed by atoms with Gasteiger partial charge in [0, 0.05) is 24.2 Å². The van der Waals surface area contributed by atoms with Crippen LogP contribution in [0.15, 0.2) is 24.3 Å². The molecule has 0 bridgehead atoms. The van der Waals surface area contributed by atoms with E-state index in [1.54, 1.807) is 0 Å². The van der Waals surface area contributed by atoms with Crippen molar-refractivity contribution in [2.24, 2.45) is 0 Å². The summed E-state index contributed by atoms with van der Waals surface area (Å²) >= 11 is 0. The Hall–Kier alpha value is -2.10. The second-order valence-corrected chi connectivity index (χ2v) is 5.30. The number of hydrogen-bond donors (Lipinski definition) is 2. The molecule has 4 heteroatoms. The molecule has 0 amide bonds. The Kier molecular flexibility index (Phi) is 4.23. The number of nitrogens with one attached hydrogen (secondary N) is 2. The molecule has 0 saturated heterocycles. The zero-order valence-electron chi connectivity index (χ0n) is 12.8. The van der Waals surface area contributed by atoms with Crippen molar-refractivity contribution in [3.8, 4) is 0 Å². The summed E-state index contributed by atoms with van der Waals surface area (Å²) in [7, 11) is 1.88. The van der Waals surface area contributed by atoms with E-state index in [-0.39, 0.29) is 0 Å². The first-order chi connectivity index (χ1) is 9.51. The molecule has 106 valence electrons. The Labute approximate surface area is 120 Å². The number of nitrogens with zero attached hydrogens (tertiary/aromatic N) is 2. The highest BCUT2D eigenvalue weighted by atomic mass is 15.1. The number of benzene rings is 1. The van der Waals surface area contributed by atoms with Crippen LogP contribution in [-0.4, -0.2) is 17.0 Å². The molecule has 0 fully saturated rings. The van der Waals surface area contributed by atoms with Crippen LogP contribution in [0.3, 0.4) is 0 Å². The number of aryl methyl sites for hydroxylation is 1. The predicted octanol–water partition coefficient (Wildman–Crippen LogP) is 4.00. The fourth-order valence-electron chi connectivity index (χ4n) is 2.02. The normalized spacial score (nSPS) is 10.7. The van der Waals surface area contributed by atoms with Gasteiger partial charge in [0.05, 0.1) is 0 Å². The molecule has 0 unspecified atom stereocenters. The van der Waals surface area contributed by atoms with Crippen molar-refractivity contribution in [3.05, 3.63) is 41.2 Å². The molecule has 0 aliphatic rings. The first-order valence-corrected chi connectivity index (χ1v) is 6.91. The Morgan fingerprint density at radius 3 is 2.35 bits per heavy atom. The third-order valence-corrected chi connectivity index (χ3v) is 3.20. The van der Waals surface area contributed by atoms with Gasteiger partial charge >= 0.3 is 0 Å². The molecule has 2 rings (SSSR count). The van der Waals surface area contributed by atoms with Gasteiger partial charge in [0.25, 0.3) is 0 Å². The van der Waals surface area contributed by atoms with Crippen LogP contribution in [0.25, 0.3) is 0 Å². The number of rotatable bonds is 4. The van der Waals surface area contributed by atoms with Gasteiger partial charge in [-0.1, -0.05) is 26.0 Å². The maximum atomic E-state index is 4.64. The van der Waals surface area contributed by atoms with E-state index in [1.165, 1.54) is 5.56 Å². The number of aromatic nitrogens is 2. The molecule has 0 radical (unpaired) electrons. The van der Waals surface area contributed by atoms with Crippen molar-refractivity contribution < 1.29 is 0 Å². The standard InChI is InChI=1S/C16H22N4/c1-10(2)14-19-15(17-5)12(4)16(20-14)18-13-8-6-7-11(3)9-13/h6-10H,1-5H3,(H2,17,18,19,20). The average molecular weight is 270 g/mol. The summed E-state index contributed by atoms with van der Waals surface area (Å²) in [6, 6.07) is 8.27. The molecular formula is C16H22N4. The minimum Gasteiger partial charge on any atom is -0.373 e. The van der Waals surface area contributed by atoms with Crippen LogP contribution in [0, 0.1) is 13.8 Å². The predicted molar refractivity (Wildman–Crippen MR) is 84.9 cm³/mol. The minimum atomic E-state index is 0.292. The molecule has 0 saturated carbocycles. The van der Waals surface area contributed by atoms with Gasteiger partial charge in [-0.25, -0.2) is 9.97 Å². The lowest BCUT2D eigenvalue weighted by molar-refractivity contribution is 0.775. The first kappa shape index (κ1) is 14.3. The summed E-state index contributed by atoms with van der Waals surface area (Å²) in [5.41, 5.74) is 3.29. The van der Waals surface area contributed by atoms with Gasteiger partial charge in [-0.05, 0) is 31.5 Å². The smallest absolute Gasteiger partial charge is 0.139 e. The Morgan fingerprint density at radius 1 is 1.05 bits per heavy atom. The minimum absolute atomic E-state index is 0.292. The highest BCUT2D eigenvalue weighted by Crippen LogP contribution is 2.25. The summed E-state index contributed by atoms with van der Waals surface area (Å²) in [6.45, 7) is 8.30. The molecular weight excluding hydrogens is 248 g/mol. The molecule has 0 spiro atoms. The van der Waals surface area contributed by atoms with Gasteiger partial charge < -0.3 is 10.6 Å². The fraction of sp³-hybridized carbons (Fsp3) is 0.375. The summed E-state index contributed by atoms with van der Waals surface area (Å²) in [5, 5.41) is 6.53. The molecule has 0 atom stereocenters.